The molecule has 0 aliphatic carbocycles. The summed E-state index contributed by atoms with van der Waals surface area (Å²) in [5, 5.41) is 15.4. The lowest BCUT2D eigenvalue weighted by Gasteiger charge is -2.22. The van der Waals surface area contributed by atoms with Gasteiger partial charge in [-0.1, -0.05) is 0 Å². The molecule has 2 heterocycles. The van der Waals surface area contributed by atoms with Crippen LogP contribution in [0.2, 0.25) is 0 Å². The molecule has 0 amide bonds. The normalized spacial score (nSPS) is 13.5. The molecule has 0 spiro atoms. The molecule has 0 saturated heterocycles. The molecule has 0 saturated carbocycles. The highest BCUT2D eigenvalue weighted by Crippen LogP contribution is 2.38. The smallest absolute Gasteiger partial charge is 0.373 e. The fraction of sp³-hybridized carbons (Fsp3) is 0.211. The minimum Gasteiger partial charge on any atom is -0.373 e. The van der Waals surface area contributed by atoms with Gasteiger partial charge in [0, 0.05) is 25.0 Å². The van der Waals surface area contributed by atoms with Crippen LogP contribution in [0.15, 0.2) is 55.1 Å². The number of anilines is 1. The lowest BCUT2D eigenvalue weighted by molar-refractivity contribution is -0.143. The highest BCUT2D eigenvalue weighted by molar-refractivity contribution is 5.58. The van der Waals surface area contributed by atoms with Gasteiger partial charge in [0.05, 0.1) is 23.0 Å². The monoisotopic (exact) mass is 458 g/mol. The van der Waals surface area contributed by atoms with Gasteiger partial charge in [-0.3, -0.25) is 4.98 Å². The van der Waals surface area contributed by atoms with E-state index in [1.807, 2.05) is 0 Å². The van der Waals surface area contributed by atoms with Gasteiger partial charge in [0.15, 0.2) is 5.82 Å². The van der Waals surface area contributed by atoms with Crippen molar-refractivity contribution in [2.45, 2.75) is 18.6 Å². The van der Waals surface area contributed by atoms with E-state index in [1.165, 1.54) is 17.3 Å². The van der Waals surface area contributed by atoms with Crippen molar-refractivity contribution in [3.05, 3.63) is 66.3 Å². The van der Waals surface area contributed by atoms with Crippen molar-refractivity contribution in [3.63, 3.8) is 0 Å². The molecule has 0 radical (unpaired) electrons. The third kappa shape index (κ3) is 5.82. The average molecular weight is 458 g/mol. The number of nitrogens with zero attached hydrogens (tertiary/aromatic N) is 5. The van der Waals surface area contributed by atoms with Gasteiger partial charge in [-0.05, 0) is 36.4 Å². The van der Waals surface area contributed by atoms with Crippen molar-refractivity contribution in [1.29, 1.82) is 0 Å². The SMILES string of the molecule is CN(NC(O)C=Cn1cnc(-c2cc(C(F)(F)F)cc(C(F)(F)F)c2)n1)c1cccnc1. The number of hydrogen-bond acceptors (Lipinski definition) is 6. The largest absolute Gasteiger partial charge is 0.416 e. The lowest BCUT2D eigenvalue weighted by Crippen LogP contribution is -2.41. The number of pyridine rings is 1. The summed E-state index contributed by atoms with van der Waals surface area (Å²) in [6, 6.07) is 4.55. The van der Waals surface area contributed by atoms with Gasteiger partial charge in [-0.2, -0.15) is 26.3 Å². The third-order valence-corrected chi connectivity index (χ3v) is 4.13. The highest BCUT2D eigenvalue weighted by Gasteiger charge is 2.37. The Hall–Kier alpha value is -3.45. The molecule has 0 bridgehead atoms. The van der Waals surface area contributed by atoms with E-state index in [9.17, 15) is 31.4 Å². The highest BCUT2D eigenvalue weighted by atomic mass is 19.4. The molecule has 1 atom stereocenters. The van der Waals surface area contributed by atoms with E-state index in [0.717, 1.165) is 11.0 Å². The molecule has 2 N–H and O–H groups in total. The molecular weight excluding hydrogens is 442 g/mol. The van der Waals surface area contributed by atoms with E-state index in [1.54, 1.807) is 31.6 Å². The summed E-state index contributed by atoms with van der Waals surface area (Å²) < 4.78 is 79.2. The number of rotatable bonds is 6. The van der Waals surface area contributed by atoms with Gasteiger partial charge >= 0.3 is 12.4 Å². The van der Waals surface area contributed by atoms with Crippen LogP contribution in [-0.4, -0.2) is 38.1 Å². The first-order valence-electron chi connectivity index (χ1n) is 8.91. The van der Waals surface area contributed by atoms with Crippen molar-refractivity contribution in [1.82, 2.24) is 25.2 Å². The molecule has 1 aromatic carbocycles. The van der Waals surface area contributed by atoms with Gasteiger partial charge in [-0.15, -0.1) is 5.10 Å². The predicted octanol–water partition coefficient (Wildman–Crippen LogP) is 3.81. The number of hydrogen-bond donors (Lipinski definition) is 2. The van der Waals surface area contributed by atoms with Crippen LogP contribution in [-0.2, 0) is 12.4 Å². The summed E-state index contributed by atoms with van der Waals surface area (Å²) in [6.45, 7) is 0. The molecule has 0 aliphatic rings. The van der Waals surface area contributed by atoms with Crippen molar-refractivity contribution in [2.75, 3.05) is 12.1 Å². The summed E-state index contributed by atoms with van der Waals surface area (Å²) >= 11 is 0. The number of aromatic nitrogens is 4. The van der Waals surface area contributed by atoms with E-state index >= 15 is 0 Å². The number of benzene rings is 1. The molecule has 1 unspecified atom stereocenters. The van der Waals surface area contributed by atoms with Crippen molar-refractivity contribution >= 4 is 11.9 Å². The molecule has 2 aromatic heterocycles. The molecule has 3 aromatic rings. The molecule has 13 heteroatoms. The van der Waals surface area contributed by atoms with Crippen LogP contribution in [0, 0.1) is 0 Å². The number of aliphatic hydroxyl groups is 1. The zero-order valence-electron chi connectivity index (χ0n) is 16.3. The van der Waals surface area contributed by atoms with Crippen LogP contribution >= 0.6 is 0 Å². The molecular formula is C19H16F6N6O. The number of hydrazine groups is 1. The standard InChI is InChI=1S/C19H16F6N6O/c1-30(15-3-2-5-26-10-15)28-16(32)4-6-31-11-27-17(29-31)12-7-13(18(20,21)22)9-14(8-12)19(23,24)25/h2-11,16,28,32H,1H3. The van der Waals surface area contributed by atoms with Crippen molar-refractivity contribution in [2.24, 2.45) is 0 Å². The van der Waals surface area contributed by atoms with Crippen LogP contribution < -0.4 is 10.4 Å². The minimum absolute atomic E-state index is 0.0289. The zero-order valence-corrected chi connectivity index (χ0v) is 16.3. The van der Waals surface area contributed by atoms with E-state index in [-0.39, 0.29) is 11.9 Å². The maximum atomic E-state index is 13.0. The zero-order chi connectivity index (χ0) is 23.5. The Morgan fingerprint density at radius 1 is 1.09 bits per heavy atom. The Morgan fingerprint density at radius 2 is 1.75 bits per heavy atom. The quantitative estimate of drug-likeness (QED) is 0.332. The van der Waals surface area contributed by atoms with Crippen LogP contribution in [0.25, 0.3) is 17.6 Å². The first-order valence-corrected chi connectivity index (χ1v) is 8.91. The summed E-state index contributed by atoms with van der Waals surface area (Å²) in [4.78, 5) is 7.70. The van der Waals surface area contributed by atoms with Gasteiger partial charge in [0.2, 0.25) is 0 Å². The molecule has 7 nitrogen and oxygen atoms in total. The van der Waals surface area contributed by atoms with Crippen LogP contribution in [0.4, 0.5) is 32.0 Å². The van der Waals surface area contributed by atoms with Gasteiger partial charge in [0.25, 0.3) is 0 Å². The van der Waals surface area contributed by atoms with Gasteiger partial charge in [0.1, 0.15) is 12.6 Å². The molecule has 0 aliphatic heterocycles. The van der Waals surface area contributed by atoms with Crippen LogP contribution in [0.5, 0.6) is 0 Å². The van der Waals surface area contributed by atoms with E-state index in [2.05, 4.69) is 20.5 Å². The molecule has 0 fully saturated rings. The number of halogens is 6. The maximum absolute atomic E-state index is 13.0. The number of alkyl halides is 6. The fourth-order valence-electron chi connectivity index (χ4n) is 2.60. The first-order chi connectivity index (χ1) is 14.9. The predicted molar refractivity (Wildman–Crippen MR) is 103 cm³/mol. The Bertz CT molecular complexity index is 1050. The molecule has 170 valence electrons. The summed E-state index contributed by atoms with van der Waals surface area (Å²) in [5.41, 5.74) is -0.0169. The molecule has 3 rings (SSSR count). The fourth-order valence-corrected chi connectivity index (χ4v) is 2.60. The summed E-state index contributed by atoms with van der Waals surface area (Å²) in [7, 11) is 1.63. The van der Waals surface area contributed by atoms with Gasteiger partial charge in [-0.25, -0.2) is 15.1 Å². The number of aliphatic hydroxyl groups excluding tert-OH is 1. The second-order valence-corrected chi connectivity index (χ2v) is 6.53. The van der Waals surface area contributed by atoms with Gasteiger partial charge < -0.3 is 10.1 Å². The van der Waals surface area contributed by atoms with Crippen LogP contribution in [0.3, 0.4) is 0 Å². The Morgan fingerprint density at radius 3 is 2.31 bits per heavy atom. The van der Waals surface area contributed by atoms with E-state index in [0.29, 0.717) is 17.8 Å². The Balaban J connectivity index is 1.78. The van der Waals surface area contributed by atoms with E-state index in [4.69, 9.17) is 0 Å². The first kappa shape index (κ1) is 23.2. The van der Waals surface area contributed by atoms with Crippen molar-refractivity contribution in [3.8, 4) is 11.4 Å². The second-order valence-electron chi connectivity index (χ2n) is 6.53. The maximum Gasteiger partial charge on any atom is 0.416 e. The summed E-state index contributed by atoms with van der Waals surface area (Å²) in [6.07, 6.45) is -4.45. The van der Waals surface area contributed by atoms with E-state index < -0.39 is 35.3 Å². The Kier molecular flexibility index (Phi) is 6.50. The van der Waals surface area contributed by atoms with Crippen LogP contribution in [0.1, 0.15) is 11.1 Å². The summed E-state index contributed by atoms with van der Waals surface area (Å²) in [5.74, 6) is -0.346. The molecule has 32 heavy (non-hydrogen) atoms. The lowest BCUT2D eigenvalue weighted by atomic mass is 10.0. The third-order valence-electron chi connectivity index (χ3n) is 4.13. The average Bonchev–Trinajstić information content (AvgIpc) is 3.20. The Labute approximate surface area is 177 Å². The minimum atomic E-state index is -4.98. The topological polar surface area (TPSA) is 79.1 Å². The second kappa shape index (κ2) is 8.96. The number of nitrogens with one attached hydrogen (secondary N) is 1. The van der Waals surface area contributed by atoms with Crippen molar-refractivity contribution < 1.29 is 31.4 Å².